The van der Waals surface area contributed by atoms with E-state index in [2.05, 4.69) is 37.9 Å². The second-order valence-corrected chi connectivity index (χ2v) is 6.48. The van der Waals surface area contributed by atoms with Gasteiger partial charge in [0.1, 0.15) is 0 Å². The summed E-state index contributed by atoms with van der Waals surface area (Å²) in [5.74, 6) is 0.623. The highest BCUT2D eigenvalue weighted by molar-refractivity contribution is 5.85. The molecule has 2 saturated heterocycles. The lowest BCUT2D eigenvalue weighted by atomic mass is 9.98. The Bertz CT molecular complexity index is 325. The molecule has 5 nitrogen and oxygen atoms in total. The molecule has 0 spiro atoms. The summed E-state index contributed by atoms with van der Waals surface area (Å²) in [6.45, 7) is 13.7. The van der Waals surface area contributed by atoms with E-state index in [1.54, 1.807) is 0 Å². The van der Waals surface area contributed by atoms with Crippen LogP contribution in [0.15, 0.2) is 0 Å². The number of halogens is 1. The Labute approximate surface area is 134 Å². The first-order valence-corrected chi connectivity index (χ1v) is 7.88. The van der Waals surface area contributed by atoms with Crippen LogP contribution in [0.2, 0.25) is 0 Å². The molecular formula is C15H30ClN3O2. The largest absolute Gasteiger partial charge is 0.373 e. The zero-order valence-electron chi connectivity index (χ0n) is 13.7. The smallest absolute Gasteiger partial charge is 0.240 e. The Morgan fingerprint density at radius 1 is 1.14 bits per heavy atom. The second kappa shape index (κ2) is 8.32. The maximum atomic E-state index is 12.9. The number of nitrogens with one attached hydrogen (secondary N) is 1. The molecule has 2 heterocycles. The van der Waals surface area contributed by atoms with Crippen molar-refractivity contribution in [2.45, 2.75) is 45.9 Å². The average molecular weight is 320 g/mol. The maximum absolute atomic E-state index is 12.9. The predicted octanol–water partition coefficient (Wildman–Crippen LogP) is 0.974. The fourth-order valence-corrected chi connectivity index (χ4v) is 3.38. The fraction of sp³-hybridized carbons (Fsp3) is 0.933. The second-order valence-electron chi connectivity index (χ2n) is 6.48. The Morgan fingerprint density at radius 2 is 1.67 bits per heavy atom. The van der Waals surface area contributed by atoms with Gasteiger partial charge in [-0.3, -0.25) is 9.69 Å². The van der Waals surface area contributed by atoms with Gasteiger partial charge in [-0.15, -0.1) is 12.4 Å². The number of piperazine rings is 1. The number of morpholine rings is 1. The normalized spacial score (nSPS) is 29.1. The van der Waals surface area contributed by atoms with Gasteiger partial charge in [0.15, 0.2) is 0 Å². The van der Waals surface area contributed by atoms with E-state index in [-0.39, 0.29) is 30.7 Å². The number of hydrogen-bond donors (Lipinski definition) is 1. The number of carbonyl (C=O) groups is 1. The molecule has 6 heteroatoms. The highest BCUT2D eigenvalue weighted by Gasteiger charge is 2.36. The molecule has 2 rings (SSSR count). The van der Waals surface area contributed by atoms with Crippen LogP contribution in [-0.4, -0.2) is 73.2 Å². The molecule has 21 heavy (non-hydrogen) atoms. The minimum atomic E-state index is -0.0121. The first-order chi connectivity index (χ1) is 9.49. The van der Waals surface area contributed by atoms with Crippen molar-refractivity contribution in [1.82, 2.24) is 15.1 Å². The molecule has 0 aliphatic carbocycles. The predicted molar refractivity (Wildman–Crippen MR) is 86.9 cm³/mol. The molecule has 0 aromatic heterocycles. The van der Waals surface area contributed by atoms with Gasteiger partial charge in [0.2, 0.25) is 5.91 Å². The third-order valence-electron chi connectivity index (χ3n) is 4.15. The molecule has 0 saturated carbocycles. The van der Waals surface area contributed by atoms with E-state index < -0.39 is 0 Å². The van der Waals surface area contributed by atoms with Crippen molar-refractivity contribution < 1.29 is 9.53 Å². The van der Waals surface area contributed by atoms with Gasteiger partial charge in [-0.05, 0) is 19.8 Å². The molecule has 0 aromatic carbocycles. The van der Waals surface area contributed by atoms with E-state index in [4.69, 9.17) is 4.74 Å². The summed E-state index contributed by atoms with van der Waals surface area (Å²) in [4.78, 5) is 17.2. The van der Waals surface area contributed by atoms with Gasteiger partial charge in [0.05, 0.1) is 18.2 Å². The van der Waals surface area contributed by atoms with Gasteiger partial charge < -0.3 is 15.0 Å². The lowest BCUT2D eigenvalue weighted by Gasteiger charge is -2.43. The Hall–Kier alpha value is -0.360. The third-order valence-corrected chi connectivity index (χ3v) is 4.15. The van der Waals surface area contributed by atoms with Crippen LogP contribution >= 0.6 is 12.4 Å². The summed E-state index contributed by atoms with van der Waals surface area (Å²) >= 11 is 0. The summed E-state index contributed by atoms with van der Waals surface area (Å²) in [5, 5.41) is 3.30. The fourth-order valence-electron chi connectivity index (χ4n) is 3.38. The van der Waals surface area contributed by atoms with Crippen LogP contribution in [0.4, 0.5) is 0 Å². The van der Waals surface area contributed by atoms with Gasteiger partial charge in [-0.2, -0.15) is 0 Å². The third kappa shape index (κ3) is 4.81. The lowest BCUT2D eigenvalue weighted by molar-refractivity contribution is -0.146. The summed E-state index contributed by atoms with van der Waals surface area (Å²) in [5.41, 5.74) is 0. The van der Waals surface area contributed by atoms with E-state index >= 15 is 0 Å². The van der Waals surface area contributed by atoms with Gasteiger partial charge in [0, 0.05) is 39.3 Å². The molecule has 0 radical (unpaired) electrons. The SMILES string of the molecule is CC1CN(C(C(=O)N2CCNCC2)C(C)C)CC(C)O1.Cl. The quantitative estimate of drug-likeness (QED) is 0.842. The van der Waals surface area contributed by atoms with Crippen molar-refractivity contribution in [3.8, 4) is 0 Å². The van der Waals surface area contributed by atoms with Crippen LogP contribution < -0.4 is 5.32 Å². The highest BCUT2D eigenvalue weighted by atomic mass is 35.5. The molecule has 2 fully saturated rings. The van der Waals surface area contributed by atoms with Crippen LogP contribution in [0.3, 0.4) is 0 Å². The van der Waals surface area contributed by atoms with Crippen molar-refractivity contribution in [3.63, 3.8) is 0 Å². The van der Waals surface area contributed by atoms with E-state index in [0.717, 1.165) is 39.3 Å². The summed E-state index contributed by atoms with van der Waals surface area (Å²) < 4.78 is 5.79. The zero-order valence-corrected chi connectivity index (χ0v) is 14.5. The van der Waals surface area contributed by atoms with Crippen molar-refractivity contribution >= 4 is 18.3 Å². The number of rotatable bonds is 3. The average Bonchev–Trinajstić information content (AvgIpc) is 2.38. The minimum absolute atomic E-state index is 0. The van der Waals surface area contributed by atoms with Crippen molar-refractivity contribution in [1.29, 1.82) is 0 Å². The van der Waals surface area contributed by atoms with Crippen molar-refractivity contribution in [2.75, 3.05) is 39.3 Å². The molecular weight excluding hydrogens is 290 g/mol. The lowest BCUT2D eigenvalue weighted by Crippen LogP contribution is -2.59. The van der Waals surface area contributed by atoms with E-state index in [1.807, 2.05) is 4.90 Å². The zero-order chi connectivity index (χ0) is 14.7. The van der Waals surface area contributed by atoms with E-state index in [1.165, 1.54) is 0 Å². The molecule has 0 bridgehead atoms. The van der Waals surface area contributed by atoms with Crippen LogP contribution in [0.25, 0.3) is 0 Å². The Kier molecular flexibility index (Phi) is 7.40. The molecule has 2 aliphatic rings. The van der Waals surface area contributed by atoms with Crippen LogP contribution in [-0.2, 0) is 9.53 Å². The molecule has 3 unspecified atom stereocenters. The molecule has 1 N–H and O–H groups in total. The number of amides is 1. The first kappa shape index (κ1) is 18.7. The van der Waals surface area contributed by atoms with Gasteiger partial charge in [-0.1, -0.05) is 13.8 Å². The molecule has 3 atom stereocenters. The van der Waals surface area contributed by atoms with Gasteiger partial charge >= 0.3 is 0 Å². The summed E-state index contributed by atoms with van der Waals surface area (Å²) in [6.07, 6.45) is 0.409. The van der Waals surface area contributed by atoms with Crippen LogP contribution in [0.1, 0.15) is 27.7 Å². The minimum Gasteiger partial charge on any atom is -0.373 e. The van der Waals surface area contributed by atoms with Crippen molar-refractivity contribution in [3.05, 3.63) is 0 Å². The summed E-state index contributed by atoms with van der Waals surface area (Å²) in [7, 11) is 0. The number of ether oxygens (including phenoxy) is 1. The molecule has 2 aliphatic heterocycles. The van der Waals surface area contributed by atoms with Gasteiger partial charge in [0.25, 0.3) is 0 Å². The Morgan fingerprint density at radius 3 is 2.14 bits per heavy atom. The highest BCUT2D eigenvalue weighted by Crippen LogP contribution is 2.20. The molecule has 1 amide bonds. The molecule has 124 valence electrons. The standard InChI is InChI=1S/C15H29N3O2.ClH/c1-11(2)14(15(19)17-7-5-16-6-8-17)18-9-12(3)20-13(4)10-18;/h11-14,16H,5-10H2,1-4H3;1H. The number of nitrogens with zero attached hydrogens (tertiary/aromatic N) is 2. The molecule has 0 aromatic rings. The Balaban J connectivity index is 0.00000220. The number of carbonyl (C=O) groups excluding carboxylic acids is 1. The summed E-state index contributed by atoms with van der Waals surface area (Å²) in [6, 6.07) is -0.0121. The van der Waals surface area contributed by atoms with Crippen LogP contribution in [0, 0.1) is 5.92 Å². The van der Waals surface area contributed by atoms with Gasteiger partial charge in [-0.25, -0.2) is 0 Å². The monoisotopic (exact) mass is 319 g/mol. The maximum Gasteiger partial charge on any atom is 0.240 e. The topological polar surface area (TPSA) is 44.8 Å². The van der Waals surface area contributed by atoms with Crippen molar-refractivity contribution in [2.24, 2.45) is 5.92 Å². The number of hydrogen-bond acceptors (Lipinski definition) is 4. The first-order valence-electron chi connectivity index (χ1n) is 7.88. The van der Waals surface area contributed by atoms with E-state index in [9.17, 15) is 4.79 Å². The van der Waals surface area contributed by atoms with Crippen LogP contribution in [0.5, 0.6) is 0 Å². The van der Waals surface area contributed by atoms with E-state index in [0.29, 0.717) is 11.8 Å².